The second kappa shape index (κ2) is 9.16. The lowest BCUT2D eigenvalue weighted by Gasteiger charge is -2.15. The molecule has 0 aliphatic rings. The van der Waals surface area contributed by atoms with Crippen molar-refractivity contribution in [2.24, 2.45) is 5.92 Å². The lowest BCUT2D eigenvalue weighted by Crippen LogP contribution is -2.40. The van der Waals surface area contributed by atoms with Crippen LogP contribution in [0.5, 0.6) is 0 Å². The first kappa shape index (κ1) is 19.2. The smallest absolute Gasteiger partial charge is 0.221 e. The molecule has 0 aromatic carbocycles. The third-order valence-electron chi connectivity index (χ3n) is 2.90. The second-order valence-electron chi connectivity index (χ2n) is 5.64. The molecule has 0 saturated carbocycles. The van der Waals surface area contributed by atoms with E-state index >= 15 is 0 Å². The number of Topliss-reactive ketones (excluding diaryl/α,β-unsaturated/α-hetero) is 2. The standard InChI is InChI=1S/C15H27NO3S/c1-9(2)15(19)11(5)16-14(18)8-7-13(17)12(6)20-10(3)4/h9-12H,7-8H2,1-6H3,(H,16,18)/t11-,12?/m0/s1. The molecular weight excluding hydrogens is 274 g/mol. The van der Waals surface area contributed by atoms with Gasteiger partial charge in [-0.2, -0.15) is 0 Å². The number of thioether (sulfide) groups is 1. The number of nitrogens with one attached hydrogen (secondary N) is 1. The molecule has 0 aliphatic heterocycles. The fraction of sp³-hybridized carbons (Fsp3) is 0.800. The summed E-state index contributed by atoms with van der Waals surface area (Å²) in [4.78, 5) is 35.2. The normalized spacial score (nSPS) is 14.2. The Morgan fingerprint density at radius 1 is 0.950 bits per heavy atom. The predicted molar refractivity (Wildman–Crippen MR) is 83.9 cm³/mol. The molecule has 0 aromatic rings. The molecular formula is C15H27NO3S. The molecule has 1 unspecified atom stereocenters. The minimum Gasteiger partial charge on any atom is -0.347 e. The van der Waals surface area contributed by atoms with E-state index in [1.54, 1.807) is 32.5 Å². The zero-order valence-corrected chi connectivity index (χ0v) is 14.2. The van der Waals surface area contributed by atoms with Gasteiger partial charge in [0.1, 0.15) is 5.78 Å². The fourth-order valence-electron chi connectivity index (χ4n) is 1.81. The van der Waals surface area contributed by atoms with Crippen molar-refractivity contribution in [1.82, 2.24) is 5.32 Å². The number of ketones is 2. The van der Waals surface area contributed by atoms with Crippen LogP contribution in [0.15, 0.2) is 0 Å². The highest BCUT2D eigenvalue weighted by Crippen LogP contribution is 2.19. The van der Waals surface area contributed by atoms with Gasteiger partial charge in [0.25, 0.3) is 0 Å². The molecule has 2 atom stereocenters. The monoisotopic (exact) mass is 301 g/mol. The first-order chi connectivity index (χ1) is 9.15. The van der Waals surface area contributed by atoms with Crippen molar-refractivity contribution in [3.63, 3.8) is 0 Å². The highest BCUT2D eigenvalue weighted by Gasteiger charge is 2.20. The number of rotatable bonds is 9. The van der Waals surface area contributed by atoms with Crippen LogP contribution >= 0.6 is 11.8 Å². The van der Waals surface area contributed by atoms with E-state index in [0.717, 1.165) is 0 Å². The van der Waals surface area contributed by atoms with Crippen molar-refractivity contribution in [3.8, 4) is 0 Å². The molecule has 5 heteroatoms. The van der Waals surface area contributed by atoms with Gasteiger partial charge in [0.2, 0.25) is 5.91 Å². The minimum absolute atomic E-state index is 0.00779. The fourth-order valence-corrected chi connectivity index (χ4v) is 2.90. The lowest BCUT2D eigenvalue weighted by molar-refractivity contribution is -0.129. The van der Waals surface area contributed by atoms with Gasteiger partial charge in [-0.1, -0.05) is 27.7 Å². The topological polar surface area (TPSA) is 63.2 Å². The van der Waals surface area contributed by atoms with Crippen LogP contribution in [-0.2, 0) is 14.4 Å². The highest BCUT2D eigenvalue weighted by molar-refractivity contribution is 8.01. The summed E-state index contributed by atoms with van der Waals surface area (Å²) in [6.45, 7) is 11.2. The summed E-state index contributed by atoms with van der Waals surface area (Å²) < 4.78 is 0. The quantitative estimate of drug-likeness (QED) is 0.711. The summed E-state index contributed by atoms with van der Waals surface area (Å²) in [5.74, 6) is -0.244. The molecule has 1 N–H and O–H groups in total. The van der Waals surface area contributed by atoms with Gasteiger partial charge in [-0.25, -0.2) is 0 Å². The maximum atomic E-state index is 11.8. The SMILES string of the molecule is CC(C)SC(C)C(=O)CCC(=O)N[C@@H](C)C(=O)C(C)C. The van der Waals surface area contributed by atoms with E-state index in [4.69, 9.17) is 0 Å². The first-order valence-corrected chi connectivity index (χ1v) is 8.10. The van der Waals surface area contributed by atoms with Crippen LogP contribution in [0.2, 0.25) is 0 Å². The van der Waals surface area contributed by atoms with Crippen molar-refractivity contribution in [1.29, 1.82) is 0 Å². The molecule has 4 nitrogen and oxygen atoms in total. The van der Waals surface area contributed by atoms with Crippen molar-refractivity contribution >= 4 is 29.2 Å². The molecule has 0 aliphatic carbocycles. The summed E-state index contributed by atoms with van der Waals surface area (Å²) >= 11 is 1.60. The molecule has 0 rings (SSSR count). The van der Waals surface area contributed by atoms with Gasteiger partial charge in [-0.05, 0) is 19.1 Å². The number of carbonyl (C=O) groups is 3. The van der Waals surface area contributed by atoms with Crippen LogP contribution in [0.3, 0.4) is 0 Å². The molecule has 1 amide bonds. The van der Waals surface area contributed by atoms with E-state index in [0.29, 0.717) is 5.25 Å². The average molecular weight is 301 g/mol. The second-order valence-corrected chi connectivity index (χ2v) is 7.56. The molecule has 0 bridgehead atoms. The molecule has 20 heavy (non-hydrogen) atoms. The van der Waals surface area contributed by atoms with E-state index in [2.05, 4.69) is 5.32 Å². The maximum absolute atomic E-state index is 11.8. The molecule has 0 spiro atoms. The van der Waals surface area contributed by atoms with Gasteiger partial charge in [0.15, 0.2) is 5.78 Å². The van der Waals surface area contributed by atoms with Gasteiger partial charge >= 0.3 is 0 Å². The number of carbonyl (C=O) groups excluding carboxylic acids is 3. The molecule has 116 valence electrons. The minimum atomic E-state index is -0.486. The Kier molecular flexibility index (Phi) is 8.78. The van der Waals surface area contributed by atoms with Crippen LogP contribution in [-0.4, -0.2) is 34.0 Å². The molecule has 0 aromatic heterocycles. The summed E-state index contributed by atoms with van der Waals surface area (Å²) in [6.07, 6.45) is 0.382. The molecule has 0 saturated heterocycles. The zero-order chi connectivity index (χ0) is 15.9. The van der Waals surface area contributed by atoms with Crippen molar-refractivity contribution < 1.29 is 14.4 Å². The summed E-state index contributed by atoms with van der Waals surface area (Å²) in [6, 6.07) is -0.486. The lowest BCUT2D eigenvalue weighted by atomic mass is 10.0. The van der Waals surface area contributed by atoms with Gasteiger partial charge < -0.3 is 5.32 Å². The molecule has 0 fully saturated rings. The van der Waals surface area contributed by atoms with E-state index in [9.17, 15) is 14.4 Å². The molecule has 0 radical (unpaired) electrons. The third-order valence-corrected chi connectivity index (χ3v) is 4.12. The Morgan fingerprint density at radius 2 is 1.50 bits per heavy atom. The van der Waals surface area contributed by atoms with Gasteiger partial charge in [-0.15, -0.1) is 11.8 Å². The van der Waals surface area contributed by atoms with E-state index in [1.807, 2.05) is 20.8 Å². The first-order valence-electron chi connectivity index (χ1n) is 7.16. The predicted octanol–water partition coefficient (Wildman–Crippen LogP) is 2.60. The van der Waals surface area contributed by atoms with Gasteiger partial charge in [0.05, 0.1) is 11.3 Å². The van der Waals surface area contributed by atoms with Crippen LogP contribution in [0.4, 0.5) is 0 Å². The zero-order valence-electron chi connectivity index (χ0n) is 13.4. The Bertz CT molecular complexity index is 353. The Labute approximate surface area is 126 Å². The number of hydrogen-bond acceptors (Lipinski definition) is 4. The van der Waals surface area contributed by atoms with Crippen molar-refractivity contribution in [2.45, 2.75) is 70.9 Å². The largest absolute Gasteiger partial charge is 0.347 e. The summed E-state index contributed by atoms with van der Waals surface area (Å²) in [5, 5.41) is 2.96. The van der Waals surface area contributed by atoms with Crippen LogP contribution < -0.4 is 5.32 Å². The Hall–Kier alpha value is -0.840. The number of hydrogen-bond donors (Lipinski definition) is 1. The summed E-state index contributed by atoms with van der Waals surface area (Å²) in [7, 11) is 0. The van der Waals surface area contributed by atoms with Crippen LogP contribution in [0.1, 0.15) is 54.4 Å². The van der Waals surface area contributed by atoms with Crippen molar-refractivity contribution in [2.75, 3.05) is 0 Å². The van der Waals surface area contributed by atoms with Crippen LogP contribution in [0.25, 0.3) is 0 Å². The average Bonchev–Trinajstić information content (AvgIpc) is 2.33. The number of amides is 1. The van der Waals surface area contributed by atoms with Gasteiger partial charge in [-0.3, -0.25) is 14.4 Å². The Balaban J connectivity index is 4.11. The Morgan fingerprint density at radius 3 is 1.95 bits per heavy atom. The molecule has 0 heterocycles. The van der Waals surface area contributed by atoms with Crippen molar-refractivity contribution in [3.05, 3.63) is 0 Å². The third kappa shape index (κ3) is 7.68. The van der Waals surface area contributed by atoms with E-state index in [1.165, 1.54) is 0 Å². The van der Waals surface area contributed by atoms with Crippen LogP contribution in [0, 0.1) is 5.92 Å². The van der Waals surface area contributed by atoms with E-state index < -0.39 is 6.04 Å². The van der Waals surface area contributed by atoms with E-state index in [-0.39, 0.29) is 41.5 Å². The maximum Gasteiger partial charge on any atom is 0.221 e. The van der Waals surface area contributed by atoms with Gasteiger partial charge in [0, 0.05) is 18.8 Å². The summed E-state index contributed by atoms with van der Waals surface area (Å²) in [5.41, 5.74) is 0. The highest BCUT2D eigenvalue weighted by atomic mass is 32.2.